The van der Waals surface area contributed by atoms with Crippen molar-refractivity contribution in [1.29, 1.82) is 0 Å². The number of rotatable bonds is 6. The molecule has 0 radical (unpaired) electrons. The molecule has 0 atom stereocenters. The van der Waals surface area contributed by atoms with Gasteiger partial charge in [0.2, 0.25) is 0 Å². The van der Waals surface area contributed by atoms with Crippen molar-refractivity contribution in [2.24, 2.45) is 0 Å². The topological polar surface area (TPSA) is 144 Å². The summed E-state index contributed by atoms with van der Waals surface area (Å²) in [6, 6.07) is 15.9. The van der Waals surface area contributed by atoms with Gasteiger partial charge >= 0.3 is 6.09 Å². The molecule has 0 spiro atoms. The number of benzene rings is 2. The predicted octanol–water partition coefficient (Wildman–Crippen LogP) is 3.98. The van der Waals surface area contributed by atoms with Crippen LogP contribution in [0.25, 0.3) is 28.1 Å². The number of hydrogen-bond acceptors (Lipinski definition) is 6. The Morgan fingerprint density at radius 1 is 1.11 bits per heavy atom. The van der Waals surface area contributed by atoms with Gasteiger partial charge < -0.3 is 14.7 Å². The number of H-pyrrole nitrogens is 1. The molecule has 180 valence electrons. The van der Waals surface area contributed by atoms with Gasteiger partial charge in [-0.05, 0) is 53.2 Å². The first kappa shape index (κ1) is 23.0. The molecule has 2 aromatic carbocycles. The molecular formula is C24H19ClN8O3. The maximum absolute atomic E-state index is 13.0. The number of carbonyl (C=O) groups is 1. The van der Waals surface area contributed by atoms with Crippen LogP contribution >= 0.6 is 11.6 Å². The Bertz CT molecular complexity index is 1610. The maximum atomic E-state index is 13.0. The van der Waals surface area contributed by atoms with E-state index in [2.05, 4.69) is 30.8 Å². The van der Waals surface area contributed by atoms with Gasteiger partial charge in [0.25, 0.3) is 5.56 Å². The van der Waals surface area contributed by atoms with E-state index in [1.54, 1.807) is 41.2 Å². The monoisotopic (exact) mass is 502 g/mol. The van der Waals surface area contributed by atoms with Gasteiger partial charge in [0.1, 0.15) is 12.2 Å². The lowest BCUT2D eigenvalue weighted by atomic mass is 10.0. The third-order valence-electron chi connectivity index (χ3n) is 5.51. The number of aryl methyl sites for hydroxylation is 1. The van der Waals surface area contributed by atoms with Crippen molar-refractivity contribution in [3.05, 3.63) is 94.0 Å². The van der Waals surface area contributed by atoms with E-state index in [0.29, 0.717) is 17.2 Å². The summed E-state index contributed by atoms with van der Waals surface area (Å²) in [6.45, 7) is 2.16. The van der Waals surface area contributed by atoms with E-state index in [0.717, 1.165) is 27.9 Å². The Kier molecular flexibility index (Phi) is 6.05. The number of nitrogens with zero attached hydrogens (tertiary/aromatic N) is 6. The molecule has 11 nitrogen and oxygen atoms in total. The van der Waals surface area contributed by atoms with E-state index >= 15 is 0 Å². The number of aromatic amines is 1. The standard InChI is InChI=1S/C24H19ClN8O3/c1-14-2-7-19(33-13-26-30-31-33)18(10-14)16-8-9-32(21(34)11-16)12-20-28-22(23(25)29-20)15-3-5-17(6-4-15)27-24(35)36/h2-11,13,27H,12H2,1H3,(H,28,29)(H,35,36). The fourth-order valence-electron chi connectivity index (χ4n) is 3.83. The number of halogens is 1. The van der Waals surface area contributed by atoms with Crippen LogP contribution in [0.4, 0.5) is 10.5 Å². The Morgan fingerprint density at radius 3 is 2.61 bits per heavy atom. The van der Waals surface area contributed by atoms with Crippen LogP contribution in [-0.4, -0.2) is 45.9 Å². The van der Waals surface area contributed by atoms with E-state index in [1.165, 1.54) is 10.9 Å². The van der Waals surface area contributed by atoms with Gasteiger partial charge in [0, 0.05) is 29.1 Å². The van der Waals surface area contributed by atoms with Gasteiger partial charge in [-0.3, -0.25) is 10.1 Å². The predicted molar refractivity (Wildman–Crippen MR) is 133 cm³/mol. The van der Waals surface area contributed by atoms with Crippen molar-refractivity contribution in [2.75, 3.05) is 5.32 Å². The Hall–Kier alpha value is -4.77. The zero-order valence-electron chi connectivity index (χ0n) is 18.9. The smallest absolute Gasteiger partial charge is 0.409 e. The number of imidazole rings is 1. The quantitative estimate of drug-likeness (QED) is 0.318. The average molecular weight is 503 g/mol. The third kappa shape index (κ3) is 4.72. The number of aromatic nitrogens is 7. The first-order valence-corrected chi connectivity index (χ1v) is 11.1. The average Bonchev–Trinajstić information content (AvgIpc) is 3.50. The number of amides is 1. The zero-order valence-corrected chi connectivity index (χ0v) is 19.6. The minimum atomic E-state index is -1.14. The lowest BCUT2D eigenvalue weighted by Crippen LogP contribution is -2.20. The number of carboxylic acid groups (broad SMARTS) is 1. The third-order valence-corrected chi connectivity index (χ3v) is 5.78. The van der Waals surface area contributed by atoms with Gasteiger partial charge in [0.05, 0.1) is 17.9 Å². The summed E-state index contributed by atoms with van der Waals surface area (Å²) in [5.41, 5.74) is 4.89. The normalized spacial score (nSPS) is 10.9. The van der Waals surface area contributed by atoms with Crippen LogP contribution in [0.15, 0.2) is 71.9 Å². The van der Waals surface area contributed by atoms with Crippen molar-refractivity contribution in [2.45, 2.75) is 13.5 Å². The van der Waals surface area contributed by atoms with E-state index in [9.17, 15) is 9.59 Å². The highest BCUT2D eigenvalue weighted by molar-refractivity contribution is 6.31. The molecule has 0 bridgehead atoms. The molecule has 12 heteroatoms. The number of hydrogen-bond donors (Lipinski definition) is 3. The van der Waals surface area contributed by atoms with Crippen molar-refractivity contribution in [1.82, 2.24) is 34.7 Å². The van der Waals surface area contributed by atoms with Crippen LogP contribution in [0.5, 0.6) is 0 Å². The van der Waals surface area contributed by atoms with E-state index in [-0.39, 0.29) is 17.3 Å². The summed E-state index contributed by atoms with van der Waals surface area (Å²) < 4.78 is 3.08. The Labute approximate surface area is 209 Å². The molecular weight excluding hydrogens is 484 g/mol. The number of tetrazole rings is 1. The number of nitrogens with one attached hydrogen (secondary N) is 2. The van der Waals surface area contributed by atoms with Crippen LogP contribution in [0.2, 0.25) is 5.15 Å². The second-order valence-corrected chi connectivity index (χ2v) is 8.37. The molecule has 0 saturated heterocycles. The molecule has 0 saturated carbocycles. The highest BCUT2D eigenvalue weighted by atomic mass is 35.5. The van der Waals surface area contributed by atoms with Gasteiger partial charge in [-0.25, -0.2) is 9.78 Å². The van der Waals surface area contributed by atoms with Crippen LogP contribution in [-0.2, 0) is 6.54 Å². The second-order valence-electron chi connectivity index (χ2n) is 8.01. The number of anilines is 1. The molecule has 0 aliphatic rings. The van der Waals surface area contributed by atoms with E-state index in [4.69, 9.17) is 16.7 Å². The minimum absolute atomic E-state index is 0.186. The van der Waals surface area contributed by atoms with E-state index < -0.39 is 6.09 Å². The molecule has 5 rings (SSSR count). The Balaban J connectivity index is 1.41. The largest absolute Gasteiger partial charge is 0.465 e. The van der Waals surface area contributed by atoms with Crippen LogP contribution in [0.3, 0.4) is 0 Å². The van der Waals surface area contributed by atoms with Gasteiger partial charge in [-0.1, -0.05) is 35.4 Å². The summed E-state index contributed by atoms with van der Waals surface area (Å²) in [4.78, 5) is 31.3. The molecule has 36 heavy (non-hydrogen) atoms. The van der Waals surface area contributed by atoms with Gasteiger partial charge in [-0.2, -0.15) is 4.68 Å². The van der Waals surface area contributed by atoms with Crippen LogP contribution in [0, 0.1) is 6.92 Å². The van der Waals surface area contributed by atoms with Crippen molar-refractivity contribution in [3.63, 3.8) is 0 Å². The molecule has 0 unspecified atom stereocenters. The Morgan fingerprint density at radius 2 is 1.92 bits per heavy atom. The maximum Gasteiger partial charge on any atom is 0.409 e. The van der Waals surface area contributed by atoms with Gasteiger partial charge in [0.15, 0.2) is 5.15 Å². The lowest BCUT2D eigenvalue weighted by molar-refractivity contribution is 0.209. The molecule has 3 aromatic heterocycles. The van der Waals surface area contributed by atoms with Crippen LogP contribution in [0.1, 0.15) is 11.4 Å². The SMILES string of the molecule is Cc1ccc(-n2cnnn2)c(-c2ccn(Cc3nc(Cl)c(-c4ccc(NC(=O)O)cc4)[nH]3)c(=O)c2)c1. The summed E-state index contributed by atoms with van der Waals surface area (Å²) in [5.74, 6) is 0.502. The lowest BCUT2D eigenvalue weighted by Gasteiger charge is -2.11. The fourth-order valence-corrected chi connectivity index (χ4v) is 4.09. The number of pyridine rings is 1. The van der Waals surface area contributed by atoms with E-state index in [1.807, 2.05) is 31.2 Å². The zero-order chi connectivity index (χ0) is 25.2. The first-order chi connectivity index (χ1) is 17.4. The van der Waals surface area contributed by atoms with Crippen LogP contribution < -0.4 is 10.9 Å². The second kappa shape index (κ2) is 9.47. The molecule has 1 amide bonds. The minimum Gasteiger partial charge on any atom is -0.465 e. The van der Waals surface area contributed by atoms with Crippen molar-refractivity contribution >= 4 is 23.4 Å². The highest BCUT2D eigenvalue weighted by Gasteiger charge is 2.14. The first-order valence-electron chi connectivity index (χ1n) is 10.8. The molecule has 0 aliphatic heterocycles. The summed E-state index contributed by atoms with van der Waals surface area (Å²) in [7, 11) is 0. The van der Waals surface area contributed by atoms with Crippen molar-refractivity contribution < 1.29 is 9.90 Å². The molecule has 5 aromatic rings. The summed E-state index contributed by atoms with van der Waals surface area (Å²) in [5, 5.41) is 22.7. The summed E-state index contributed by atoms with van der Waals surface area (Å²) in [6.07, 6.45) is 2.06. The molecule has 3 N–H and O–H groups in total. The van der Waals surface area contributed by atoms with Crippen molar-refractivity contribution in [3.8, 4) is 28.1 Å². The summed E-state index contributed by atoms with van der Waals surface area (Å²) >= 11 is 6.34. The highest BCUT2D eigenvalue weighted by Crippen LogP contribution is 2.28. The fraction of sp³-hybridized carbons (Fsp3) is 0.0833. The molecule has 0 fully saturated rings. The van der Waals surface area contributed by atoms with Gasteiger partial charge in [-0.15, -0.1) is 5.10 Å². The molecule has 0 aliphatic carbocycles. The molecule has 3 heterocycles.